The van der Waals surface area contributed by atoms with Gasteiger partial charge in [-0.25, -0.2) is 15.0 Å². The number of thiazole rings is 1. The summed E-state index contributed by atoms with van der Waals surface area (Å²) >= 11 is 1.70. The lowest BCUT2D eigenvalue weighted by molar-refractivity contribution is 0.984. The van der Waals surface area contributed by atoms with Crippen molar-refractivity contribution in [1.82, 2.24) is 19.9 Å². The highest BCUT2D eigenvalue weighted by molar-refractivity contribution is 7.11. The molecule has 0 radical (unpaired) electrons. The zero-order chi connectivity index (χ0) is 17.1. The molecule has 0 aromatic carbocycles. The van der Waals surface area contributed by atoms with Crippen LogP contribution in [0.15, 0.2) is 29.2 Å². The fraction of sp³-hybridized carbons (Fsp3) is 0.294. The number of nitrogens with one attached hydrogen (secondary N) is 2. The highest BCUT2D eigenvalue weighted by Crippen LogP contribution is 2.18. The third-order valence-corrected chi connectivity index (χ3v) is 4.56. The first-order valence-corrected chi connectivity index (χ1v) is 8.60. The smallest absolute Gasteiger partial charge is 0.251 e. The van der Waals surface area contributed by atoms with Crippen molar-refractivity contribution < 1.29 is 0 Å². The molecule has 2 N–H and O–H groups in total. The van der Waals surface area contributed by atoms with E-state index >= 15 is 0 Å². The van der Waals surface area contributed by atoms with Crippen molar-refractivity contribution in [2.45, 2.75) is 33.7 Å². The first-order valence-electron chi connectivity index (χ1n) is 7.78. The van der Waals surface area contributed by atoms with Crippen molar-refractivity contribution in [2.24, 2.45) is 0 Å². The van der Waals surface area contributed by atoms with Crippen molar-refractivity contribution in [2.75, 3.05) is 5.32 Å². The Morgan fingerprint density at radius 1 is 1.25 bits per heavy atom. The molecular formula is C17H19N5OS. The molecule has 0 aliphatic heterocycles. The molecule has 0 fully saturated rings. The monoisotopic (exact) mass is 341 g/mol. The van der Waals surface area contributed by atoms with Gasteiger partial charge in [0.2, 0.25) is 0 Å². The van der Waals surface area contributed by atoms with Crippen LogP contribution in [0.25, 0.3) is 11.4 Å². The predicted octanol–water partition coefficient (Wildman–Crippen LogP) is 3.08. The van der Waals surface area contributed by atoms with Gasteiger partial charge < -0.3 is 10.3 Å². The molecule has 3 aromatic rings. The Balaban J connectivity index is 1.75. The maximum absolute atomic E-state index is 11.7. The summed E-state index contributed by atoms with van der Waals surface area (Å²) in [5, 5.41) is 4.34. The summed E-state index contributed by atoms with van der Waals surface area (Å²) in [5.74, 6) is 1.31. The van der Waals surface area contributed by atoms with Crippen LogP contribution < -0.4 is 10.9 Å². The minimum atomic E-state index is -0.145. The summed E-state index contributed by atoms with van der Waals surface area (Å²) in [6.07, 6.45) is 2.43. The molecule has 3 heterocycles. The highest BCUT2D eigenvalue weighted by Gasteiger charge is 2.06. The molecule has 24 heavy (non-hydrogen) atoms. The molecule has 3 rings (SSSR count). The number of H-pyrrole nitrogens is 1. The Bertz CT molecular complexity index is 898. The fourth-order valence-corrected chi connectivity index (χ4v) is 3.21. The second-order valence-corrected chi connectivity index (χ2v) is 6.87. The molecule has 0 saturated heterocycles. The summed E-state index contributed by atoms with van der Waals surface area (Å²) in [6.45, 7) is 6.69. The van der Waals surface area contributed by atoms with Crippen LogP contribution in [0, 0.1) is 13.8 Å². The molecule has 7 heteroatoms. The Morgan fingerprint density at radius 3 is 2.71 bits per heavy atom. The van der Waals surface area contributed by atoms with Crippen LogP contribution in [0.2, 0.25) is 0 Å². The third-order valence-electron chi connectivity index (χ3n) is 3.63. The fourth-order valence-electron chi connectivity index (χ4n) is 2.37. The van der Waals surface area contributed by atoms with Gasteiger partial charge in [-0.05, 0) is 32.4 Å². The van der Waals surface area contributed by atoms with Crippen molar-refractivity contribution in [3.63, 3.8) is 0 Å². The average Bonchev–Trinajstić information content (AvgIpc) is 2.90. The lowest BCUT2D eigenvalue weighted by Gasteiger charge is -2.06. The standard InChI is InChI=1S/C17H19N5OS/c1-4-13-7-16(23)22-17(21-13)12-5-6-15(18-8-12)19-9-14-10(2)24-11(3)20-14/h5-8H,4,9H2,1-3H3,(H,18,19)(H,21,22,23). The third kappa shape index (κ3) is 3.68. The molecule has 0 aliphatic rings. The maximum Gasteiger partial charge on any atom is 0.251 e. The predicted molar refractivity (Wildman–Crippen MR) is 96.4 cm³/mol. The number of anilines is 1. The molecule has 0 unspecified atom stereocenters. The number of hydrogen-bond donors (Lipinski definition) is 2. The Labute approximate surface area is 144 Å². The van der Waals surface area contributed by atoms with Gasteiger partial charge >= 0.3 is 0 Å². The summed E-state index contributed by atoms with van der Waals surface area (Å²) in [4.78, 5) is 29.0. The van der Waals surface area contributed by atoms with Gasteiger partial charge in [-0.15, -0.1) is 11.3 Å². The SMILES string of the molecule is CCc1cc(=O)[nH]c(-c2ccc(NCc3nc(C)sc3C)nc2)n1. The van der Waals surface area contributed by atoms with Gasteiger partial charge in [0.25, 0.3) is 5.56 Å². The second kappa shape index (κ2) is 6.92. The molecule has 3 aromatic heterocycles. The summed E-state index contributed by atoms with van der Waals surface area (Å²) in [6, 6.07) is 5.29. The molecule has 0 saturated carbocycles. The van der Waals surface area contributed by atoms with E-state index in [1.54, 1.807) is 17.5 Å². The quantitative estimate of drug-likeness (QED) is 0.745. The topological polar surface area (TPSA) is 83.6 Å². The number of aromatic amines is 1. The minimum Gasteiger partial charge on any atom is -0.364 e. The van der Waals surface area contributed by atoms with Gasteiger partial charge in [0, 0.05) is 28.4 Å². The first-order chi connectivity index (χ1) is 11.5. The van der Waals surface area contributed by atoms with Crippen LogP contribution in [0.1, 0.15) is 28.2 Å². The van der Waals surface area contributed by atoms with E-state index in [0.717, 1.165) is 34.2 Å². The van der Waals surface area contributed by atoms with Crippen LogP contribution in [-0.2, 0) is 13.0 Å². The normalized spacial score (nSPS) is 10.8. The van der Waals surface area contributed by atoms with Crippen LogP contribution in [0.4, 0.5) is 5.82 Å². The number of hydrogen-bond acceptors (Lipinski definition) is 6. The van der Waals surface area contributed by atoms with Gasteiger partial charge in [-0.1, -0.05) is 6.92 Å². The summed E-state index contributed by atoms with van der Waals surface area (Å²) in [5.41, 5.74) is 2.46. The van der Waals surface area contributed by atoms with Crippen LogP contribution in [0.3, 0.4) is 0 Å². The molecular weight excluding hydrogens is 322 g/mol. The van der Waals surface area contributed by atoms with Crippen LogP contribution in [0.5, 0.6) is 0 Å². The molecule has 0 bridgehead atoms. The Kier molecular flexibility index (Phi) is 4.71. The van der Waals surface area contributed by atoms with Gasteiger partial charge in [0.15, 0.2) is 0 Å². The van der Waals surface area contributed by atoms with E-state index in [4.69, 9.17) is 0 Å². The number of nitrogens with zero attached hydrogens (tertiary/aromatic N) is 3. The molecule has 124 valence electrons. The molecule has 6 nitrogen and oxygen atoms in total. The van der Waals surface area contributed by atoms with E-state index in [1.807, 2.05) is 26.0 Å². The minimum absolute atomic E-state index is 0.145. The van der Waals surface area contributed by atoms with Crippen LogP contribution >= 0.6 is 11.3 Å². The van der Waals surface area contributed by atoms with Crippen molar-refractivity contribution in [3.8, 4) is 11.4 Å². The average molecular weight is 341 g/mol. The largest absolute Gasteiger partial charge is 0.364 e. The highest BCUT2D eigenvalue weighted by atomic mass is 32.1. The number of pyridine rings is 1. The molecule has 0 atom stereocenters. The van der Waals surface area contributed by atoms with Gasteiger partial charge in [0.05, 0.1) is 17.2 Å². The lowest BCUT2D eigenvalue weighted by Crippen LogP contribution is -2.10. The second-order valence-electron chi connectivity index (χ2n) is 5.46. The van der Waals surface area contributed by atoms with Crippen molar-refractivity contribution in [3.05, 3.63) is 56.0 Å². The molecule has 0 amide bonds. The van der Waals surface area contributed by atoms with Gasteiger partial charge in [0.1, 0.15) is 11.6 Å². The lowest BCUT2D eigenvalue weighted by atomic mass is 10.2. The zero-order valence-electron chi connectivity index (χ0n) is 13.9. The van der Waals surface area contributed by atoms with Crippen molar-refractivity contribution in [1.29, 1.82) is 0 Å². The van der Waals surface area contributed by atoms with Crippen LogP contribution in [-0.4, -0.2) is 19.9 Å². The Hall–Kier alpha value is -2.54. The van der Waals surface area contributed by atoms with E-state index in [2.05, 4.69) is 32.2 Å². The van der Waals surface area contributed by atoms with Gasteiger partial charge in [-0.3, -0.25) is 4.79 Å². The van der Waals surface area contributed by atoms with Gasteiger partial charge in [-0.2, -0.15) is 0 Å². The molecule has 0 spiro atoms. The zero-order valence-corrected chi connectivity index (χ0v) is 14.7. The number of aromatic nitrogens is 4. The van der Waals surface area contributed by atoms with E-state index in [1.165, 1.54) is 10.9 Å². The first kappa shape index (κ1) is 16.3. The summed E-state index contributed by atoms with van der Waals surface area (Å²) in [7, 11) is 0. The number of aryl methyl sites for hydroxylation is 3. The van der Waals surface area contributed by atoms with Crippen molar-refractivity contribution >= 4 is 17.2 Å². The van der Waals surface area contributed by atoms with E-state index in [0.29, 0.717) is 12.4 Å². The van der Waals surface area contributed by atoms with E-state index in [9.17, 15) is 4.79 Å². The number of rotatable bonds is 5. The molecule has 0 aliphatic carbocycles. The Morgan fingerprint density at radius 2 is 2.08 bits per heavy atom. The van der Waals surface area contributed by atoms with E-state index < -0.39 is 0 Å². The maximum atomic E-state index is 11.7. The van der Waals surface area contributed by atoms with E-state index in [-0.39, 0.29) is 5.56 Å². The summed E-state index contributed by atoms with van der Waals surface area (Å²) < 4.78 is 0.